The number of phenols is 1. The van der Waals surface area contributed by atoms with Crippen LogP contribution in [0.5, 0.6) is 17.2 Å². The van der Waals surface area contributed by atoms with Gasteiger partial charge in [0.15, 0.2) is 5.78 Å². The molecule has 6 nitrogen and oxygen atoms in total. The first-order chi connectivity index (χ1) is 11.4. The summed E-state index contributed by atoms with van der Waals surface area (Å²) in [4.78, 5) is 22.7. The third kappa shape index (κ3) is 4.24. The molecule has 0 amide bonds. The Bertz CT molecular complexity index is 841. The molecule has 0 aliphatic heterocycles. The number of nitrogens with zero attached hydrogens (tertiary/aromatic N) is 1. The van der Waals surface area contributed by atoms with Gasteiger partial charge >= 0.3 is 5.97 Å². The van der Waals surface area contributed by atoms with E-state index in [2.05, 4.69) is 0 Å². The number of hydrogen-bond donors (Lipinski definition) is 2. The minimum Gasteiger partial charge on any atom is -0.506 e. The molecule has 24 heavy (non-hydrogen) atoms. The third-order valence-corrected chi connectivity index (χ3v) is 3.34. The van der Waals surface area contributed by atoms with Crippen LogP contribution in [0.3, 0.4) is 0 Å². The maximum Gasteiger partial charge on any atom is 0.303 e. The Kier molecular flexibility index (Phi) is 5.40. The summed E-state index contributed by atoms with van der Waals surface area (Å²) < 4.78 is 5.56. The van der Waals surface area contributed by atoms with Crippen LogP contribution in [0.15, 0.2) is 36.4 Å². The molecular weight excluding hydrogens is 334 g/mol. The summed E-state index contributed by atoms with van der Waals surface area (Å²) in [6.45, 7) is 0. The largest absolute Gasteiger partial charge is 0.506 e. The van der Waals surface area contributed by atoms with Gasteiger partial charge in [0, 0.05) is 17.5 Å². The molecule has 2 aromatic rings. The Hall–Kier alpha value is -3.04. The Balaban J connectivity index is 2.36. The average Bonchev–Trinajstić information content (AvgIpc) is 2.54. The number of hydrogen-bond acceptors (Lipinski definition) is 5. The van der Waals surface area contributed by atoms with Crippen LogP contribution in [-0.4, -0.2) is 22.0 Å². The van der Waals surface area contributed by atoms with E-state index < -0.39 is 17.5 Å². The fourth-order valence-corrected chi connectivity index (χ4v) is 2.17. The maximum absolute atomic E-state index is 12.1. The molecule has 2 aromatic carbocycles. The van der Waals surface area contributed by atoms with E-state index in [1.54, 1.807) is 30.3 Å². The van der Waals surface area contributed by atoms with Crippen molar-refractivity contribution in [2.75, 3.05) is 0 Å². The summed E-state index contributed by atoms with van der Waals surface area (Å²) in [6.07, 6.45) is -0.673. The van der Waals surface area contributed by atoms with Crippen LogP contribution >= 0.6 is 11.6 Å². The second kappa shape index (κ2) is 7.49. The van der Waals surface area contributed by atoms with E-state index in [-0.39, 0.29) is 29.7 Å². The molecule has 122 valence electrons. The number of phenolic OH excluding ortho intramolecular Hbond substituents is 1. The molecule has 0 saturated heterocycles. The van der Waals surface area contributed by atoms with Crippen molar-refractivity contribution in [3.63, 3.8) is 0 Å². The number of ether oxygens (including phenoxy) is 1. The minimum absolute atomic E-state index is 0.145. The van der Waals surface area contributed by atoms with Gasteiger partial charge in [-0.3, -0.25) is 9.59 Å². The quantitative estimate of drug-likeness (QED) is 0.772. The number of ketones is 1. The summed E-state index contributed by atoms with van der Waals surface area (Å²) in [5, 5.41) is 28.2. The predicted octanol–water partition coefficient (Wildman–Crippen LogP) is 3.76. The topological polar surface area (TPSA) is 108 Å². The van der Waals surface area contributed by atoms with E-state index in [9.17, 15) is 14.7 Å². The van der Waals surface area contributed by atoms with Gasteiger partial charge in [-0.05, 0) is 24.3 Å². The van der Waals surface area contributed by atoms with Crippen molar-refractivity contribution in [3.8, 4) is 23.3 Å². The molecule has 0 bridgehead atoms. The lowest BCUT2D eigenvalue weighted by molar-refractivity contribution is -0.136. The molecule has 0 radical (unpaired) electrons. The van der Waals surface area contributed by atoms with E-state index in [0.29, 0.717) is 10.8 Å². The van der Waals surface area contributed by atoms with Crippen LogP contribution in [0.2, 0.25) is 5.02 Å². The Morgan fingerprint density at radius 3 is 2.54 bits per heavy atom. The monoisotopic (exact) mass is 345 g/mol. The van der Waals surface area contributed by atoms with Crippen LogP contribution in [0, 0.1) is 11.3 Å². The highest BCUT2D eigenvalue weighted by molar-refractivity contribution is 6.30. The number of carbonyl (C=O) groups is 2. The second-order valence-corrected chi connectivity index (χ2v) is 5.29. The van der Waals surface area contributed by atoms with E-state index >= 15 is 0 Å². The van der Waals surface area contributed by atoms with Crippen molar-refractivity contribution >= 4 is 23.4 Å². The van der Waals surface area contributed by atoms with Gasteiger partial charge < -0.3 is 14.9 Å². The molecule has 0 fully saturated rings. The first-order valence-electron chi connectivity index (χ1n) is 6.86. The van der Waals surface area contributed by atoms with Crippen LogP contribution in [-0.2, 0) is 4.79 Å². The number of Topliss-reactive ketones (excluding diaryl/α,β-unsaturated/α-hetero) is 1. The van der Waals surface area contributed by atoms with Crippen molar-refractivity contribution in [3.05, 3.63) is 52.5 Å². The highest BCUT2D eigenvalue weighted by atomic mass is 35.5. The smallest absolute Gasteiger partial charge is 0.303 e. The third-order valence-electron chi connectivity index (χ3n) is 3.10. The molecule has 0 aliphatic carbocycles. The van der Waals surface area contributed by atoms with Crippen LogP contribution in [0.25, 0.3) is 0 Å². The van der Waals surface area contributed by atoms with Crippen molar-refractivity contribution in [1.82, 2.24) is 0 Å². The van der Waals surface area contributed by atoms with Crippen molar-refractivity contribution in [1.29, 1.82) is 5.26 Å². The van der Waals surface area contributed by atoms with Gasteiger partial charge in [-0.25, -0.2) is 0 Å². The van der Waals surface area contributed by atoms with Crippen molar-refractivity contribution in [2.45, 2.75) is 12.8 Å². The summed E-state index contributed by atoms with van der Waals surface area (Å²) in [7, 11) is 0. The summed E-state index contributed by atoms with van der Waals surface area (Å²) in [5.41, 5.74) is -0.305. The number of halogens is 1. The first kappa shape index (κ1) is 17.3. The molecule has 0 atom stereocenters. The Morgan fingerprint density at radius 2 is 1.92 bits per heavy atom. The van der Waals surface area contributed by atoms with E-state index in [1.165, 1.54) is 12.1 Å². The maximum atomic E-state index is 12.1. The lowest BCUT2D eigenvalue weighted by Gasteiger charge is -2.10. The van der Waals surface area contributed by atoms with Gasteiger partial charge in [0.25, 0.3) is 0 Å². The number of aromatic hydroxyl groups is 1. The molecule has 0 spiro atoms. The molecule has 0 aromatic heterocycles. The SMILES string of the molecule is N#Cc1cc(Oc2cccc(Cl)c2)cc(C(=O)CCC(=O)O)c1O. The summed E-state index contributed by atoms with van der Waals surface area (Å²) in [5.74, 6) is -1.67. The number of aliphatic carboxylic acids is 1. The highest BCUT2D eigenvalue weighted by Crippen LogP contribution is 2.32. The molecule has 2 N–H and O–H groups in total. The number of rotatable bonds is 6. The second-order valence-electron chi connectivity index (χ2n) is 4.86. The van der Waals surface area contributed by atoms with Crippen LogP contribution in [0.1, 0.15) is 28.8 Å². The molecule has 0 saturated carbocycles. The summed E-state index contributed by atoms with van der Waals surface area (Å²) in [6, 6.07) is 10.8. The van der Waals surface area contributed by atoms with Gasteiger partial charge in [-0.15, -0.1) is 0 Å². The normalized spacial score (nSPS) is 10.0. The van der Waals surface area contributed by atoms with Gasteiger partial charge in [0.1, 0.15) is 23.3 Å². The number of nitriles is 1. The zero-order chi connectivity index (χ0) is 17.7. The number of carboxylic acids is 1. The zero-order valence-corrected chi connectivity index (χ0v) is 13.1. The van der Waals surface area contributed by atoms with E-state index in [4.69, 9.17) is 26.7 Å². The predicted molar refractivity (Wildman–Crippen MR) is 85.5 cm³/mol. The van der Waals surface area contributed by atoms with Gasteiger partial charge in [-0.2, -0.15) is 5.26 Å². The zero-order valence-electron chi connectivity index (χ0n) is 12.3. The molecular formula is C17H12ClNO5. The number of carbonyl (C=O) groups excluding carboxylic acids is 1. The van der Waals surface area contributed by atoms with E-state index in [1.807, 2.05) is 0 Å². The van der Waals surface area contributed by atoms with Crippen LogP contribution in [0.4, 0.5) is 0 Å². The Morgan fingerprint density at radius 1 is 1.17 bits per heavy atom. The van der Waals surface area contributed by atoms with Crippen molar-refractivity contribution < 1.29 is 24.5 Å². The molecule has 7 heteroatoms. The molecule has 0 unspecified atom stereocenters. The minimum atomic E-state index is -1.13. The molecule has 0 heterocycles. The summed E-state index contributed by atoms with van der Waals surface area (Å²) >= 11 is 5.87. The molecule has 2 rings (SSSR count). The van der Waals surface area contributed by atoms with Crippen LogP contribution < -0.4 is 4.74 Å². The van der Waals surface area contributed by atoms with E-state index in [0.717, 1.165) is 0 Å². The molecule has 0 aliphatic rings. The highest BCUT2D eigenvalue weighted by Gasteiger charge is 2.18. The van der Waals surface area contributed by atoms with Gasteiger partial charge in [0.05, 0.1) is 17.5 Å². The fraction of sp³-hybridized carbons (Fsp3) is 0.118. The Labute approximate surface area is 142 Å². The number of carboxylic acid groups (broad SMARTS) is 1. The van der Waals surface area contributed by atoms with Gasteiger partial charge in [0.2, 0.25) is 0 Å². The lowest BCUT2D eigenvalue weighted by atomic mass is 10.0. The van der Waals surface area contributed by atoms with Gasteiger partial charge in [-0.1, -0.05) is 17.7 Å². The first-order valence-corrected chi connectivity index (χ1v) is 7.24. The standard InChI is InChI=1S/C17H12ClNO5/c18-11-2-1-3-12(7-11)24-13-6-10(9-19)17(23)14(8-13)15(20)4-5-16(21)22/h1-3,6-8,23H,4-5H2,(H,21,22). The lowest BCUT2D eigenvalue weighted by Crippen LogP contribution is -2.05. The van der Waals surface area contributed by atoms with Crippen molar-refractivity contribution in [2.24, 2.45) is 0 Å². The fourth-order valence-electron chi connectivity index (χ4n) is 1.99. The average molecular weight is 346 g/mol. The number of benzene rings is 2.